The fourth-order valence-corrected chi connectivity index (χ4v) is 3.26. The first kappa shape index (κ1) is 16.2. The molecule has 0 bridgehead atoms. The Hall–Kier alpha value is -1.71. The fraction of sp³-hybridized carbons (Fsp3) is 0.632. The normalized spacial score (nSPS) is 19.6. The maximum absolute atomic E-state index is 6.21. The van der Waals surface area contributed by atoms with E-state index in [1.165, 1.54) is 50.5 Å². The zero-order valence-corrected chi connectivity index (χ0v) is 14.2. The molecule has 0 unspecified atom stereocenters. The molecule has 0 amide bonds. The van der Waals surface area contributed by atoms with Crippen molar-refractivity contribution in [1.82, 2.24) is 5.32 Å². The van der Waals surface area contributed by atoms with Gasteiger partial charge in [0.2, 0.25) is 0 Å². The molecule has 126 valence electrons. The van der Waals surface area contributed by atoms with Crippen LogP contribution in [0.3, 0.4) is 0 Å². The zero-order chi connectivity index (χ0) is 16.1. The van der Waals surface area contributed by atoms with Crippen molar-refractivity contribution in [1.29, 1.82) is 0 Å². The number of hydrogen-bond donors (Lipinski definition) is 2. The summed E-state index contributed by atoms with van der Waals surface area (Å²) in [5.74, 6) is 2.31. The average molecular weight is 315 g/mol. The second kappa shape index (κ2) is 7.71. The van der Waals surface area contributed by atoms with Gasteiger partial charge in [0.05, 0.1) is 12.6 Å². The summed E-state index contributed by atoms with van der Waals surface area (Å²) in [7, 11) is 0. The van der Waals surface area contributed by atoms with Crippen LogP contribution >= 0.6 is 0 Å². The highest BCUT2D eigenvalue weighted by Crippen LogP contribution is 2.28. The van der Waals surface area contributed by atoms with Gasteiger partial charge in [-0.05, 0) is 63.0 Å². The number of aryl methyl sites for hydroxylation is 1. The van der Waals surface area contributed by atoms with Crippen LogP contribution in [0.5, 0.6) is 5.75 Å². The van der Waals surface area contributed by atoms with E-state index in [2.05, 4.69) is 35.4 Å². The molecule has 1 aromatic carbocycles. The van der Waals surface area contributed by atoms with Crippen LogP contribution < -0.4 is 15.8 Å². The highest BCUT2D eigenvalue weighted by Gasteiger charge is 2.18. The van der Waals surface area contributed by atoms with Crippen molar-refractivity contribution in [3.63, 3.8) is 0 Å². The molecule has 4 heteroatoms. The van der Waals surface area contributed by atoms with E-state index in [0.717, 1.165) is 23.8 Å². The minimum Gasteiger partial charge on any atom is -0.490 e. The molecule has 2 fully saturated rings. The molecule has 3 N–H and O–H groups in total. The van der Waals surface area contributed by atoms with Crippen LogP contribution in [0, 0.1) is 12.8 Å². The molecule has 0 radical (unpaired) electrons. The number of benzene rings is 1. The maximum Gasteiger partial charge on any atom is 0.188 e. The number of hydrogen-bond acceptors (Lipinski definition) is 2. The number of nitrogens with two attached hydrogens (primary N) is 1. The van der Waals surface area contributed by atoms with Gasteiger partial charge in [-0.2, -0.15) is 0 Å². The van der Waals surface area contributed by atoms with Gasteiger partial charge in [-0.25, -0.2) is 4.99 Å². The lowest BCUT2D eigenvalue weighted by molar-refractivity contribution is 0.208. The molecule has 0 heterocycles. The molecule has 2 aliphatic carbocycles. The van der Waals surface area contributed by atoms with Crippen LogP contribution in [0.25, 0.3) is 0 Å². The van der Waals surface area contributed by atoms with Gasteiger partial charge in [0.25, 0.3) is 0 Å². The third kappa shape index (κ3) is 4.63. The quantitative estimate of drug-likeness (QED) is 0.624. The van der Waals surface area contributed by atoms with Crippen LogP contribution in [0.4, 0.5) is 0 Å². The minimum atomic E-state index is 0.369. The Labute approximate surface area is 139 Å². The molecule has 0 spiro atoms. The Morgan fingerprint density at radius 2 is 2.00 bits per heavy atom. The lowest BCUT2D eigenvalue weighted by Gasteiger charge is -2.25. The molecule has 2 aliphatic rings. The van der Waals surface area contributed by atoms with E-state index < -0.39 is 0 Å². The van der Waals surface area contributed by atoms with Crippen molar-refractivity contribution in [3.05, 3.63) is 29.3 Å². The minimum absolute atomic E-state index is 0.369. The van der Waals surface area contributed by atoms with E-state index in [9.17, 15) is 0 Å². The summed E-state index contributed by atoms with van der Waals surface area (Å²) in [6.45, 7) is 3.63. The van der Waals surface area contributed by atoms with E-state index in [1.54, 1.807) is 0 Å². The standard InChI is InChI=1S/C19H29N3O/c1-14-9-10-16(18(11-14)23-17-7-2-3-8-17)13-22-19(20)21-12-15-5-4-6-15/h9-11,15,17H,2-8,12-13H2,1H3,(H3,20,21,22). The molecule has 0 atom stereocenters. The van der Waals surface area contributed by atoms with Gasteiger partial charge < -0.3 is 15.8 Å². The monoisotopic (exact) mass is 315 g/mol. The van der Waals surface area contributed by atoms with Gasteiger partial charge in [0.1, 0.15) is 5.75 Å². The van der Waals surface area contributed by atoms with Crippen LogP contribution in [0.15, 0.2) is 23.2 Å². The van der Waals surface area contributed by atoms with E-state index in [1.807, 2.05) is 0 Å². The molecular formula is C19H29N3O. The molecule has 4 nitrogen and oxygen atoms in total. The van der Waals surface area contributed by atoms with E-state index >= 15 is 0 Å². The van der Waals surface area contributed by atoms with Gasteiger partial charge in [-0.15, -0.1) is 0 Å². The Kier molecular flexibility index (Phi) is 5.42. The largest absolute Gasteiger partial charge is 0.490 e. The van der Waals surface area contributed by atoms with Crippen molar-refractivity contribution in [2.45, 2.75) is 64.5 Å². The zero-order valence-electron chi connectivity index (χ0n) is 14.2. The average Bonchev–Trinajstić information content (AvgIpc) is 2.98. The van der Waals surface area contributed by atoms with Crippen LogP contribution in [-0.2, 0) is 6.54 Å². The molecule has 2 saturated carbocycles. The Balaban J connectivity index is 1.58. The summed E-state index contributed by atoms with van der Waals surface area (Å²) in [4.78, 5) is 4.49. The number of ether oxygens (including phenoxy) is 1. The predicted octanol–water partition coefficient (Wildman–Crippen LogP) is 3.52. The predicted molar refractivity (Wildman–Crippen MR) is 94.7 cm³/mol. The van der Waals surface area contributed by atoms with E-state index in [0.29, 0.717) is 18.6 Å². The van der Waals surface area contributed by atoms with Crippen LogP contribution in [0.1, 0.15) is 56.1 Å². The number of nitrogens with zero attached hydrogens (tertiary/aromatic N) is 1. The molecular weight excluding hydrogens is 286 g/mol. The fourth-order valence-electron chi connectivity index (χ4n) is 3.26. The summed E-state index contributed by atoms with van der Waals surface area (Å²) >= 11 is 0. The third-order valence-electron chi connectivity index (χ3n) is 5.03. The van der Waals surface area contributed by atoms with Crippen molar-refractivity contribution in [2.75, 3.05) is 6.54 Å². The number of rotatable bonds is 6. The van der Waals surface area contributed by atoms with Crippen LogP contribution in [-0.4, -0.2) is 18.6 Å². The maximum atomic E-state index is 6.21. The van der Waals surface area contributed by atoms with E-state index in [-0.39, 0.29) is 0 Å². The second-order valence-corrected chi connectivity index (χ2v) is 7.01. The van der Waals surface area contributed by atoms with Gasteiger partial charge in [0, 0.05) is 12.1 Å². The third-order valence-corrected chi connectivity index (χ3v) is 5.03. The number of guanidine groups is 1. The summed E-state index contributed by atoms with van der Waals surface area (Å²) in [6, 6.07) is 6.35. The molecule has 1 aromatic rings. The SMILES string of the molecule is Cc1ccc(CN=C(N)NCC2CCC2)c(OC2CCCC2)c1. The second-order valence-electron chi connectivity index (χ2n) is 7.01. The summed E-state index contributed by atoms with van der Waals surface area (Å²) in [5.41, 5.74) is 8.34. The Morgan fingerprint density at radius 1 is 1.22 bits per heavy atom. The van der Waals surface area contributed by atoms with Crippen molar-refractivity contribution in [2.24, 2.45) is 16.6 Å². The highest BCUT2D eigenvalue weighted by atomic mass is 16.5. The molecule has 23 heavy (non-hydrogen) atoms. The number of nitrogens with one attached hydrogen (secondary N) is 1. The first-order chi connectivity index (χ1) is 11.2. The molecule has 3 rings (SSSR count). The Morgan fingerprint density at radius 3 is 2.70 bits per heavy atom. The number of aliphatic imine (C=N–C) groups is 1. The first-order valence-electron chi connectivity index (χ1n) is 9.00. The van der Waals surface area contributed by atoms with E-state index in [4.69, 9.17) is 10.5 Å². The Bertz CT molecular complexity index is 546. The summed E-state index contributed by atoms with van der Waals surface area (Å²) in [6.07, 6.45) is 9.26. The smallest absolute Gasteiger partial charge is 0.188 e. The summed E-state index contributed by atoms with van der Waals surface area (Å²) in [5, 5.41) is 3.25. The van der Waals surface area contributed by atoms with Crippen molar-refractivity contribution in [3.8, 4) is 5.75 Å². The van der Waals surface area contributed by atoms with Crippen LogP contribution in [0.2, 0.25) is 0 Å². The van der Waals surface area contributed by atoms with Crippen molar-refractivity contribution >= 4 is 5.96 Å². The lowest BCUT2D eigenvalue weighted by Crippen LogP contribution is -2.37. The highest BCUT2D eigenvalue weighted by molar-refractivity contribution is 5.77. The molecule has 0 aromatic heterocycles. The van der Waals surface area contributed by atoms with Gasteiger partial charge >= 0.3 is 0 Å². The van der Waals surface area contributed by atoms with Crippen molar-refractivity contribution < 1.29 is 4.74 Å². The topological polar surface area (TPSA) is 59.6 Å². The van der Waals surface area contributed by atoms with Gasteiger partial charge in [-0.1, -0.05) is 18.6 Å². The molecule has 0 saturated heterocycles. The lowest BCUT2D eigenvalue weighted by atomic mass is 9.85. The van der Waals surface area contributed by atoms with Gasteiger partial charge in [0.15, 0.2) is 5.96 Å². The first-order valence-corrected chi connectivity index (χ1v) is 9.00. The summed E-state index contributed by atoms with van der Waals surface area (Å²) < 4.78 is 6.21. The molecule has 0 aliphatic heterocycles. The van der Waals surface area contributed by atoms with Gasteiger partial charge in [-0.3, -0.25) is 0 Å².